The number of para-hydroxylation sites is 1. The molecule has 0 aliphatic heterocycles. The van der Waals surface area contributed by atoms with E-state index in [4.69, 9.17) is 11.6 Å². The highest BCUT2D eigenvalue weighted by Gasteiger charge is 2.34. The van der Waals surface area contributed by atoms with E-state index in [-0.39, 0.29) is 11.3 Å². The van der Waals surface area contributed by atoms with Crippen LogP contribution in [0.15, 0.2) is 47.3 Å². The van der Waals surface area contributed by atoms with Gasteiger partial charge in [-0.1, -0.05) is 55.6 Å². The van der Waals surface area contributed by atoms with Crippen LogP contribution in [0.25, 0.3) is 22.2 Å². The van der Waals surface area contributed by atoms with Gasteiger partial charge in [-0.15, -0.1) is 0 Å². The predicted octanol–water partition coefficient (Wildman–Crippen LogP) is 5.93. The van der Waals surface area contributed by atoms with Crippen molar-refractivity contribution in [1.29, 1.82) is 0 Å². The largest absolute Gasteiger partial charge is 0.417 e. The maximum absolute atomic E-state index is 13.2. The molecular formula is C20H18ClF3N2O. The summed E-state index contributed by atoms with van der Waals surface area (Å²) in [6.45, 7) is 2.64. The molecule has 1 heterocycles. The van der Waals surface area contributed by atoms with Crippen molar-refractivity contribution in [2.45, 2.75) is 38.9 Å². The smallest absolute Gasteiger partial charge is 0.287 e. The Labute approximate surface area is 159 Å². The van der Waals surface area contributed by atoms with Crippen LogP contribution in [0.1, 0.15) is 31.7 Å². The summed E-state index contributed by atoms with van der Waals surface area (Å²) in [4.78, 5) is 12.9. The average Bonchev–Trinajstić information content (AvgIpc) is 2.63. The first-order chi connectivity index (χ1) is 12.8. The SMILES string of the molecule is CCCCCn1nc(-c2cccc(C(F)(F)F)c2Cl)c(=O)c2ccccc21. The predicted molar refractivity (Wildman–Crippen MR) is 101 cm³/mol. The van der Waals surface area contributed by atoms with E-state index in [2.05, 4.69) is 12.0 Å². The molecule has 0 unspecified atom stereocenters. The van der Waals surface area contributed by atoms with Gasteiger partial charge in [-0.2, -0.15) is 18.3 Å². The van der Waals surface area contributed by atoms with E-state index in [0.29, 0.717) is 17.4 Å². The summed E-state index contributed by atoms with van der Waals surface area (Å²) in [5, 5.41) is 4.28. The lowest BCUT2D eigenvalue weighted by atomic mass is 10.1. The minimum Gasteiger partial charge on any atom is -0.287 e. The summed E-state index contributed by atoms with van der Waals surface area (Å²) in [6, 6.07) is 10.5. The monoisotopic (exact) mass is 394 g/mol. The number of fused-ring (bicyclic) bond motifs is 1. The Hall–Kier alpha value is -2.34. The molecule has 0 atom stereocenters. The van der Waals surface area contributed by atoms with Gasteiger partial charge in [-0.05, 0) is 24.6 Å². The Morgan fingerprint density at radius 1 is 1.07 bits per heavy atom. The molecule has 3 rings (SSSR count). The van der Waals surface area contributed by atoms with Gasteiger partial charge in [0.15, 0.2) is 0 Å². The summed E-state index contributed by atoms with van der Waals surface area (Å²) >= 11 is 6.02. The van der Waals surface area contributed by atoms with E-state index in [1.165, 1.54) is 12.1 Å². The van der Waals surface area contributed by atoms with E-state index in [1.807, 2.05) is 0 Å². The molecule has 0 fully saturated rings. The summed E-state index contributed by atoms with van der Waals surface area (Å²) in [7, 11) is 0. The van der Waals surface area contributed by atoms with E-state index >= 15 is 0 Å². The Morgan fingerprint density at radius 2 is 1.81 bits per heavy atom. The number of hydrogen-bond donors (Lipinski definition) is 0. The Balaban J connectivity index is 2.24. The Kier molecular flexibility index (Phi) is 5.56. The fourth-order valence-corrected chi connectivity index (χ4v) is 3.35. The van der Waals surface area contributed by atoms with Gasteiger partial charge in [0, 0.05) is 17.5 Å². The quantitative estimate of drug-likeness (QED) is 0.503. The van der Waals surface area contributed by atoms with Gasteiger partial charge in [0.25, 0.3) is 0 Å². The molecule has 2 aromatic carbocycles. The van der Waals surface area contributed by atoms with Gasteiger partial charge in [-0.25, -0.2) is 0 Å². The van der Waals surface area contributed by atoms with Crippen molar-refractivity contribution in [3.8, 4) is 11.3 Å². The molecule has 0 amide bonds. The van der Waals surface area contributed by atoms with Gasteiger partial charge in [0.1, 0.15) is 5.69 Å². The molecule has 27 heavy (non-hydrogen) atoms. The second-order valence-electron chi connectivity index (χ2n) is 6.29. The first-order valence-electron chi connectivity index (χ1n) is 8.70. The Morgan fingerprint density at radius 3 is 2.52 bits per heavy atom. The van der Waals surface area contributed by atoms with Crippen LogP contribution in [0.2, 0.25) is 5.02 Å². The maximum atomic E-state index is 13.2. The molecular weight excluding hydrogens is 377 g/mol. The van der Waals surface area contributed by atoms with Crippen molar-refractivity contribution < 1.29 is 13.2 Å². The van der Waals surface area contributed by atoms with Gasteiger partial charge < -0.3 is 0 Å². The zero-order valence-corrected chi connectivity index (χ0v) is 15.4. The zero-order valence-electron chi connectivity index (χ0n) is 14.7. The molecule has 142 valence electrons. The highest BCUT2D eigenvalue weighted by molar-refractivity contribution is 6.34. The van der Waals surface area contributed by atoms with E-state index < -0.39 is 22.2 Å². The van der Waals surface area contributed by atoms with Crippen molar-refractivity contribution in [3.05, 3.63) is 63.3 Å². The van der Waals surface area contributed by atoms with Gasteiger partial charge in [0.2, 0.25) is 5.43 Å². The van der Waals surface area contributed by atoms with Gasteiger partial charge >= 0.3 is 6.18 Å². The lowest BCUT2D eigenvalue weighted by Crippen LogP contribution is -2.17. The topological polar surface area (TPSA) is 34.9 Å². The normalized spacial score (nSPS) is 11.9. The second kappa shape index (κ2) is 7.72. The second-order valence-corrected chi connectivity index (χ2v) is 6.67. The third-order valence-corrected chi connectivity index (χ3v) is 4.80. The first kappa shape index (κ1) is 19.4. The number of alkyl halides is 3. The van der Waals surface area contributed by atoms with E-state index in [1.54, 1.807) is 28.9 Å². The van der Waals surface area contributed by atoms with Gasteiger partial charge in [-0.3, -0.25) is 9.48 Å². The summed E-state index contributed by atoms with van der Waals surface area (Å²) in [6.07, 6.45) is -1.75. The lowest BCUT2D eigenvalue weighted by molar-refractivity contribution is -0.137. The third kappa shape index (κ3) is 3.86. The molecule has 0 aliphatic rings. The number of hydrogen-bond acceptors (Lipinski definition) is 2. The first-order valence-corrected chi connectivity index (χ1v) is 9.08. The van der Waals surface area contributed by atoms with Gasteiger partial charge in [0.05, 0.1) is 16.1 Å². The van der Waals surface area contributed by atoms with Crippen LogP contribution < -0.4 is 5.43 Å². The van der Waals surface area contributed by atoms with Crippen LogP contribution in [-0.2, 0) is 12.7 Å². The highest BCUT2D eigenvalue weighted by Crippen LogP contribution is 2.38. The van der Waals surface area contributed by atoms with Crippen LogP contribution in [0.3, 0.4) is 0 Å². The van der Waals surface area contributed by atoms with Crippen molar-refractivity contribution in [2.75, 3.05) is 0 Å². The highest BCUT2D eigenvalue weighted by atomic mass is 35.5. The number of rotatable bonds is 5. The molecule has 0 saturated heterocycles. The zero-order chi connectivity index (χ0) is 19.6. The number of nitrogens with zero attached hydrogens (tertiary/aromatic N) is 2. The lowest BCUT2D eigenvalue weighted by Gasteiger charge is -2.15. The molecule has 1 aromatic heterocycles. The van der Waals surface area contributed by atoms with Crippen molar-refractivity contribution in [3.63, 3.8) is 0 Å². The van der Waals surface area contributed by atoms with Crippen LogP contribution >= 0.6 is 11.6 Å². The van der Waals surface area contributed by atoms with Crippen LogP contribution in [0, 0.1) is 0 Å². The minimum atomic E-state index is -4.61. The molecule has 0 aliphatic carbocycles. The number of unbranched alkanes of at least 4 members (excludes halogenated alkanes) is 2. The fourth-order valence-electron chi connectivity index (χ4n) is 3.03. The molecule has 0 saturated carbocycles. The minimum absolute atomic E-state index is 0.00788. The van der Waals surface area contributed by atoms with Crippen molar-refractivity contribution >= 4 is 22.5 Å². The molecule has 0 bridgehead atoms. The summed E-state index contributed by atoms with van der Waals surface area (Å²) in [5.74, 6) is 0. The van der Waals surface area contributed by atoms with Crippen molar-refractivity contribution in [2.24, 2.45) is 0 Å². The molecule has 3 aromatic rings. The fraction of sp³-hybridized carbons (Fsp3) is 0.300. The molecule has 0 radical (unpaired) electrons. The van der Waals surface area contributed by atoms with E-state index in [0.717, 1.165) is 25.3 Å². The molecule has 7 heteroatoms. The maximum Gasteiger partial charge on any atom is 0.417 e. The number of aromatic nitrogens is 2. The van der Waals surface area contributed by atoms with Crippen LogP contribution in [-0.4, -0.2) is 9.78 Å². The van der Waals surface area contributed by atoms with Crippen molar-refractivity contribution in [1.82, 2.24) is 9.78 Å². The van der Waals surface area contributed by atoms with Crippen LogP contribution in [0.4, 0.5) is 13.2 Å². The molecule has 3 nitrogen and oxygen atoms in total. The molecule has 0 spiro atoms. The Bertz CT molecular complexity index is 1030. The van der Waals surface area contributed by atoms with Crippen LogP contribution in [0.5, 0.6) is 0 Å². The number of benzene rings is 2. The number of halogens is 4. The summed E-state index contributed by atoms with van der Waals surface area (Å²) < 4.78 is 41.3. The standard InChI is InChI=1S/C20H18ClF3N2O/c1-2-3-6-12-26-16-11-5-4-8-13(16)19(27)18(25-26)14-9-7-10-15(17(14)21)20(22,23)24/h4-5,7-11H,2-3,6,12H2,1H3. The van der Waals surface area contributed by atoms with E-state index in [9.17, 15) is 18.0 Å². The number of aryl methyl sites for hydroxylation is 1. The third-order valence-electron chi connectivity index (χ3n) is 4.40. The molecule has 0 N–H and O–H groups in total. The average molecular weight is 395 g/mol. The summed E-state index contributed by atoms with van der Waals surface area (Å²) in [5.41, 5.74) is -0.828.